The van der Waals surface area contributed by atoms with E-state index in [4.69, 9.17) is 9.47 Å². The number of hydrogen-bond donors (Lipinski definition) is 3. The Bertz CT molecular complexity index is 1320. The number of hydrogen-bond acceptors (Lipinski definition) is 5. The number of rotatable bonds is 10. The smallest absolute Gasteiger partial charge is 0.333 e. The van der Waals surface area contributed by atoms with E-state index in [1.54, 1.807) is 24.3 Å². The fraction of sp³-hybridized carbons (Fsp3) is 0.300. The molecule has 212 valence electrons. The van der Waals surface area contributed by atoms with Crippen LogP contribution in [-0.4, -0.2) is 43.4 Å². The van der Waals surface area contributed by atoms with Crippen molar-refractivity contribution in [3.63, 3.8) is 0 Å². The molecular weight excluding hydrogens is 589 g/mol. The summed E-state index contributed by atoms with van der Waals surface area (Å²) in [6.07, 6.45) is 3.32. The first kappa shape index (κ1) is 29.6. The molecule has 1 heterocycles. The van der Waals surface area contributed by atoms with E-state index < -0.39 is 29.2 Å². The molecule has 1 aliphatic carbocycles. The van der Waals surface area contributed by atoms with Crippen LogP contribution in [-0.2, 0) is 11.3 Å². The minimum absolute atomic E-state index is 0.0165. The van der Waals surface area contributed by atoms with E-state index in [9.17, 15) is 23.1 Å². The molecule has 3 aromatic carbocycles. The van der Waals surface area contributed by atoms with Crippen molar-refractivity contribution in [2.45, 2.75) is 31.8 Å². The molecule has 2 aliphatic rings. The van der Waals surface area contributed by atoms with Crippen molar-refractivity contribution in [3.8, 4) is 11.5 Å². The maximum Gasteiger partial charge on any atom is 0.333 e. The van der Waals surface area contributed by atoms with E-state index in [1.165, 1.54) is 22.9 Å². The molecule has 0 unspecified atom stereocenters. The highest BCUT2D eigenvalue weighted by Crippen LogP contribution is 2.27. The molecule has 0 saturated heterocycles. The molecule has 0 aromatic heterocycles. The molecule has 3 aromatic rings. The van der Waals surface area contributed by atoms with Gasteiger partial charge in [0.25, 0.3) is 0 Å². The van der Waals surface area contributed by atoms with Crippen molar-refractivity contribution in [1.82, 2.24) is 10.6 Å². The Morgan fingerprint density at radius 3 is 2.33 bits per heavy atom. The molecule has 1 fully saturated rings. The monoisotopic (exact) mass is 618 g/mol. The summed E-state index contributed by atoms with van der Waals surface area (Å²) in [7, 11) is 0. The lowest BCUT2D eigenvalue weighted by Crippen LogP contribution is -2.28. The Kier molecular flexibility index (Phi) is 10.6. The highest BCUT2D eigenvalue weighted by molar-refractivity contribution is 9.10. The second-order valence-electron chi connectivity index (χ2n) is 9.36. The van der Waals surface area contributed by atoms with Gasteiger partial charge in [0.2, 0.25) is 0 Å². The highest BCUT2D eigenvalue weighted by atomic mass is 79.9. The molecule has 10 heteroatoms. The lowest BCUT2D eigenvalue weighted by atomic mass is 9.94. The van der Waals surface area contributed by atoms with Crippen molar-refractivity contribution in [2.75, 3.05) is 26.3 Å². The Balaban J connectivity index is 0.000000255. The number of halogens is 4. The average molecular weight is 619 g/mol. The number of carbonyl (C=O) groups is 1. The second kappa shape index (κ2) is 14.3. The third-order valence-electron chi connectivity index (χ3n) is 6.36. The molecule has 0 amide bonds. The minimum atomic E-state index is -1.12. The molecule has 1 aliphatic heterocycles. The van der Waals surface area contributed by atoms with Crippen LogP contribution < -0.4 is 20.1 Å². The molecule has 5 rings (SSSR count). The van der Waals surface area contributed by atoms with Crippen LogP contribution in [0, 0.1) is 17.5 Å². The van der Waals surface area contributed by atoms with Crippen molar-refractivity contribution in [1.29, 1.82) is 0 Å². The lowest BCUT2D eigenvalue weighted by molar-refractivity contribution is -0.132. The van der Waals surface area contributed by atoms with Gasteiger partial charge in [0.15, 0.2) is 17.4 Å². The van der Waals surface area contributed by atoms with Gasteiger partial charge in [-0.15, -0.1) is 0 Å². The molecule has 0 bridgehead atoms. The van der Waals surface area contributed by atoms with Gasteiger partial charge in [0.05, 0.1) is 5.57 Å². The zero-order valence-electron chi connectivity index (χ0n) is 21.7. The van der Waals surface area contributed by atoms with Gasteiger partial charge in [-0.25, -0.2) is 18.0 Å². The van der Waals surface area contributed by atoms with Crippen LogP contribution in [0.25, 0.3) is 5.57 Å². The van der Waals surface area contributed by atoms with Crippen LogP contribution in [0.2, 0.25) is 0 Å². The molecule has 0 radical (unpaired) electrons. The van der Waals surface area contributed by atoms with Crippen LogP contribution in [0.5, 0.6) is 11.5 Å². The Labute approximate surface area is 239 Å². The van der Waals surface area contributed by atoms with E-state index in [-0.39, 0.29) is 13.2 Å². The Hall–Kier alpha value is -3.34. The van der Waals surface area contributed by atoms with Crippen LogP contribution in [0.3, 0.4) is 0 Å². The predicted octanol–water partition coefficient (Wildman–Crippen LogP) is 6.09. The molecule has 1 saturated carbocycles. The van der Waals surface area contributed by atoms with E-state index in [1.807, 2.05) is 6.07 Å². The zero-order chi connectivity index (χ0) is 28.5. The van der Waals surface area contributed by atoms with Gasteiger partial charge in [0.1, 0.15) is 24.8 Å². The second-order valence-corrected chi connectivity index (χ2v) is 10.2. The molecule has 6 nitrogen and oxygen atoms in total. The van der Waals surface area contributed by atoms with Crippen LogP contribution in [0.15, 0.2) is 70.7 Å². The maximum atomic E-state index is 13.5. The fourth-order valence-electron chi connectivity index (χ4n) is 4.11. The fourth-order valence-corrected chi connectivity index (χ4v) is 4.54. The lowest BCUT2D eigenvalue weighted by Gasteiger charge is -2.19. The van der Waals surface area contributed by atoms with Crippen molar-refractivity contribution < 1.29 is 32.5 Å². The van der Waals surface area contributed by atoms with E-state index in [2.05, 4.69) is 44.8 Å². The van der Waals surface area contributed by atoms with Gasteiger partial charge in [-0.2, -0.15) is 0 Å². The summed E-state index contributed by atoms with van der Waals surface area (Å²) in [5, 5.41) is 15.8. The third kappa shape index (κ3) is 8.58. The minimum Gasteiger partial charge on any atom is -0.490 e. The summed E-state index contributed by atoms with van der Waals surface area (Å²) in [6.45, 7) is 1.89. The molecule has 0 spiro atoms. The van der Waals surface area contributed by atoms with E-state index >= 15 is 0 Å². The zero-order valence-corrected chi connectivity index (χ0v) is 23.3. The molecule has 40 heavy (non-hydrogen) atoms. The first-order valence-electron chi connectivity index (χ1n) is 12.9. The summed E-state index contributed by atoms with van der Waals surface area (Å²) in [4.78, 5) is 11.4. The quantitative estimate of drug-likeness (QED) is 0.239. The first-order chi connectivity index (χ1) is 19.3. The number of benzene rings is 3. The highest BCUT2D eigenvalue weighted by Gasteiger charge is 2.20. The molecular formula is C30H30BrF3N2O4. The number of nitrogens with one attached hydrogen (secondary N) is 2. The topological polar surface area (TPSA) is 79.8 Å². The van der Waals surface area contributed by atoms with Crippen molar-refractivity contribution >= 4 is 27.5 Å². The summed E-state index contributed by atoms with van der Waals surface area (Å²) < 4.78 is 51.5. The summed E-state index contributed by atoms with van der Waals surface area (Å²) in [5.74, 6) is -4.36. The number of ether oxygens (including phenoxy) is 2. The van der Waals surface area contributed by atoms with Gasteiger partial charge >= 0.3 is 5.97 Å². The van der Waals surface area contributed by atoms with Crippen LogP contribution >= 0.6 is 15.9 Å². The van der Waals surface area contributed by atoms with Gasteiger partial charge in [-0.3, -0.25) is 0 Å². The SMILES string of the molecule is Brc1ccccc1CNC1CC1.O=C(O)C1=C(c2ccc(OCCOc3c(F)cc(F)cc3F)cc2)CCNC1. The predicted molar refractivity (Wildman–Crippen MR) is 150 cm³/mol. The van der Waals surface area contributed by atoms with E-state index in [0.29, 0.717) is 43.0 Å². The van der Waals surface area contributed by atoms with E-state index in [0.717, 1.165) is 23.7 Å². The number of carboxylic acid groups (broad SMARTS) is 1. The Morgan fingerprint density at radius 1 is 1.00 bits per heavy atom. The van der Waals surface area contributed by atoms with Crippen molar-refractivity contribution in [3.05, 3.63) is 99.3 Å². The maximum absolute atomic E-state index is 13.5. The third-order valence-corrected chi connectivity index (χ3v) is 7.13. The summed E-state index contributed by atoms with van der Waals surface area (Å²) in [5.41, 5.74) is 3.28. The number of aliphatic carboxylic acids is 1. The normalized spacial score (nSPS) is 14.8. The standard InChI is InChI=1S/C20H18F3NO4.C10H12BrN/c21-13-9-17(22)19(18(23)10-13)28-8-7-27-14-3-1-12(2-4-14)15-5-6-24-11-16(15)20(25)26;11-10-4-2-1-3-8(10)7-12-9-5-6-9/h1-4,9-10,24H,5-8,11H2,(H,25,26);1-4,9,12H,5-7H2. The first-order valence-corrected chi connectivity index (χ1v) is 13.7. The van der Waals surface area contributed by atoms with Gasteiger partial charge in [-0.05, 0) is 60.7 Å². The average Bonchev–Trinajstić information content (AvgIpc) is 3.77. The van der Waals surface area contributed by atoms with Gasteiger partial charge in [-0.1, -0.05) is 46.3 Å². The van der Waals surface area contributed by atoms with Crippen LogP contribution in [0.1, 0.15) is 30.4 Å². The van der Waals surface area contributed by atoms with Crippen molar-refractivity contribution in [2.24, 2.45) is 0 Å². The van der Waals surface area contributed by atoms with Gasteiger partial charge in [0, 0.05) is 35.7 Å². The van der Waals surface area contributed by atoms with Crippen LogP contribution in [0.4, 0.5) is 13.2 Å². The largest absolute Gasteiger partial charge is 0.490 e. The Morgan fingerprint density at radius 2 is 1.68 bits per heavy atom. The van der Waals surface area contributed by atoms with Gasteiger partial charge < -0.3 is 25.2 Å². The number of carboxylic acids is 1. The molecule has 3 N–H and O–H groups in total. The summed E-state index contributed by atoms with van der Waals surface area (Å²) in [6, 6.07) is 17.1. The molecule has 0 atom stereocenters. The summed E-state index contributed by atoms with van der Waals surface area (Å²) >= 11 is 3.53.